The number of carbonyl (C=O) groups is 1. The number of benzene rings is 1. The van der Waals surface area contributed by atoms with Gasteiger partial charge in [-0.15, -0.1) is 0 Å². The van der Waals surface area contributed by atoms with Crippen LogP contribution in [0.3, 0.4) is 0 Å². The number of hydrogen-bond acceptors (Lipinski definition) is 3. The predicted molar refractivity (Wildman–Crippen MR) is 60.8 cm³/mol. The number of carbonyl (C=O) groups excluding carboxylic acids is 1. The maximum atomic E-state index is 12.5. The maximum Gasteiger partial charge on any atom is 0.416 e. The topological polar surface area (TPSA) is 70.7 Å². The number of anilines is 1. The molecule has 0 radical (unpaired) electrons. The van der Waals surface area contributed by atoms with E-state index in [0.717, 1.165) is 24.4 Å². The molecule has 2 N–H and O–H groups in total. The molecule has 100 valence electrons. The molecule has 9 heteroatoms. The third-order valence-corrected chi connectivity index (χ3v) is 2.52. The second-order valence-electron chi connectivity index (χ2n) is 3.50. The summed E-state index contributed by atoms with van der Waals surface area (Å²) in [6.45, 7) is 0. The number of hydrogen-bond donors (Lipinski definition) is 2. The van der Waals surface area contributed by atoms with Gasteiger partial charge in [0.25, 0.3) is 5.91 Å². The summed E-state index contributed by atoms with van der Waals surface area (Å²) in [6.07, 6.45) is -3.38. The monoisotopic (exact) mass is 290 g/mol. The van der Waals surface area contributed by atoms with Crippen molar-refractivity contribution in [2.75, 3.05) is 5.32 Å². The number of alkyl halides is 3. The van der Waals surface area contributed by atoms with Crippen molar-refractivity contribution in [3.05, 3.63) is 40.7 Å². The van der Waals surface area contributed by atoms with Gasteiger partial charge in [-0.1, -0.05) is 11.6 Å². The highest BCUT2D eigenvalue weighted by Crippen LogP contribution is 2.33. The SMILES string of the molecule is O=C(Nc1cc(C(F)(F)F)ccc1Cl)c1cn[nH]n1. The van der Waals surface area contributed by atoms with E-state index in [9.17, 15) is 18.0 Å². The molecule has 19 heavy (non-hydrogen) atoms. The second-order valence-corrected chi connectivity index (χ2v) is 3.91. The van der Waals surface area contributed by atoms with Gasteiger partial charge in [-0.05, 0) is 18.2 Å². The van der Waals surface area contributed by atoms with E-state index in [1.165, 1.54) is 0 Å². The molecule has 1 heterocycles. The Morgan fingerprint density at radius 2 is 2.11 bits per heavy atom. The van der Waals surface area contributed by atoms with Crippen LogP contribution in [0.4, 0.5) is 18.9 Å². The highest BCUT2D eigenvalue weighted by molar-refractivity contribution is 6.33. The number of nitrogens with one attached hydrogen (secondary N) is 2. The maximum absolute atomic E-state index is 12.5. The molecule has 0 saturated heterocycles. The molecule has 0 spiro atoms. The van der Waals surface area contributed by atoms with Crippen molar-refractivity contribution in [1.29, 1.82) is 0 Å². The van der Waals surface area contributed by atoms with Crippen LogP contribution < -0.4 is 5.32 Å². The summed E-state index contributed by atoms with van der Waals surface area (Å²) in [6, 6.07) is 2.64. The average molecular weight is 291 g/mol. The number of aromatic amines is 1. The quantitative estimate of drug-likeness (QED) is 0.893. The van der Waals surface area contributed by atoms with Crippen molar-refractivity contribution in [2.45, 2.75) is 6.18 Å². The van der Waals surface area contributed by atoms with Gasteiger partial charge in [0.2, 0.25) is 0 Å². The van der Waals surface area contributed by atoms with E-state index in [2.05, 4.69) is 20.7 Å². The van der Waals surface area contributed by atoms with Gasteiger partial charge >= 0.3 is 6.18 Å². The lowest BCUT2D eigenvalue weighted by molar-refractivity contribution is -0.137. The van der Waals surface area contributed by atoms with Crippen molar-refractivity contribution in [3.63, 3.8) is 0 Å². The fraction of sp³-hybridized carbons (Fsp3) is 0.100. The number of halogens is 4. The Hall–Kier alpha value is -2.09. The minimum Gasteiger partial charge on any atom is -0.319 e. The second kappa shape index (κ2) is 4.88. The first-order chi connectivity index (χ1) is 8.88. The van der Waals surface area contributed by atoms with Crippen LogP contribution in [0.25, 0.3) is 0 Å². The van der Waals surface area contributed by atoms with Crippen LogP contribution in [0.2, 0.25) is 5.02 Å². The van der Waals surface area contributed by atoms with E-state index in [0.29, 0.717) is 0 Å². The molecule has 0 unspecified atom stereocenters. The zero-order valence-electron chi connectivity index (χ0n) is 9.12. The Morgan fingerprint density at radius 3 is 2.68 bits per heavy atom. The largest absolute Gasteiger partial charge is 0.416 e. The molecule has 1 aromatic heterocycles. The van der Waals surface area contributed by atoms with Crippen LogP contribution >= 0.6 is 11.6 Å². The van der Waals surface area contributed by atoms with Gasteiger partial charge in [0.15, 0.2) is 5.69 Å². The molecule has 5 nitrogen and oxygen atoms in total. The van der Waals surface area contributed by atoms with Gasteiger partial charge in [0.1, 0.15) is 0 Å². The summed E-state index contributed by atoms with van der Waals surface area (Å²) in [5.41, 5.74) is -1.12. The zero-order valence-corrected chi connectivity index (χ0v) is 9.88. The molecule has 2 rings (SSSR count). The highest BCUT2D eigenvalue weighted by Gasteiger charge is 2.31. The standard InChI is InChI=1S/C10H6ClF3N4O/c11-6-2-1-5(10(12,13)14)3-7(6)16-9(19)8-4-15-18-17-8/h1-4H,(H,16,19)(H,15,17,18). The van der Waals surface area contributed by atoms with Gasteiger partial charge in [0, 0.05) is 0 Å². The minimum atomic E-state index is -4.52. The Kier molecular flexibility index (Phi) is 3.43. The zero-order chi connectivity index (χ0) is 14.0. The van der Waals surface area contributed by atoms with E-state index in [1.807, 2.05) is 0 Å². The fourth-order valence-electron chi connectivity index (χ4n) is 1.29. The van der Waals surface area contributed by atoms with Gasteiger partial charge < -0.3 is 5.32 Å². The van der Waals surface area contributed by atoms with Crippen molar-refractivity contribution in [3.8, 4) is 0 Å². The molecule has 0 fully saturated rings. The Balaban J connectivity index is 2.27. The van der Waals surface area contributed by atoms with Crippen molar-refractivity contribution >= 4 is 23.2 Å². The summed E-state index contributed by atoms with van der Waals surface area (Å²) in [4.78, 5) is 11.6. The Morgan fingerprint density at radius 1 is 1.37 bits per heavy atom. The van der Waals surface area contributed by atoms with Crippen LogP contribution in [-0.2, 0) is 6.18 Å². The smallest absolute Gasteiger partial charge is 0.319 e. The fourth-order valence-corrected chi connectivity index (χ4v) is 1.46. The summed E-state index contributed by atoms with van der Waals surface area (Å²) in [5, 5.41) is 11.3. The first kappa shape index (κ1) is 13.3. The first-order valence-corrected chi connectivity index (χ1v) is 5.29. The lowest BCUT2D eigenvalue weighted by atomic mass is 10.2. The molecular weight excluding hydrogens is 285 g/mol. The van der Waals surface area contributed by atoms with E-state index in [4.69, 9.17) is 11.6 Å². The van der Waals surface area contributed by atoms with Crippen LogP contribution in [0.1, 0.15) is 16.1 Å². The molecule has 0 aliphatic heterocycles. The van der Waals surface area contributed by atoms with Crippen molar-refractivity contribution < 1.29 is 18.0 Å². The van der Waals surface area contributed by atoms with Crippen LogP contribution in [0, 0.1) is 0 Å². The summed E-state index contributed by atoms with van der Waals surface area (Å²) >= 11 is 5.73. The molecular formula is C10H6ClF3N4O. The van der Waals surface area contributed by atoms with E-state index < -0.39 is 17.6 Å². The van der Waals surface area contributed by atoms with Crippen LogP contribution in [0.5, 0.6) is 0 Å². The van der Waals surface area contributed by atoms with Gasteiger partial charge in [-0.2, -0.15) is 28.6 Å². The minimum absolute atomic E-state index is 0.00940. The van der Waals surface area contributed by atoms with Crippen LogP contribution in [-0.4, -0.2) is 21.3 Å². The van der Waals surface area contributed by atoms with Crippen molar-refractivity contribution in [2.24, 2.45) is 0 Å². The number of nitrogens with zero attached hydrogens (tertiary/aromatic N) is 2. The number of H-pyrrole nitrogens is 1. The lowest BCUT2D eigenvalue weighted by Gasteiger charge is -2.10. The van der Waals surface area contributed by atoms with E-state index in [-0.39, 0.29) is 16.4 Å². The Bertz CT molecular complexity index is 597. The lowest BCUT2D eigenvalue weighted by Crippen LogP contribution is -2.14. The molecule has 1 amide bonds. The third-order valence-electron chi connectivity index (χ3n) is 2.19. The van der Waals surface area contributed by atoms with Crippen molar-refractivity contribution in [1.82, 2.24) is 15.4 Å². The Labute approximate surface area is 109 Å². The number of amides is 1. The molecule has 1 aromatic carbocycles. The average Bonchev–Trinajstić information content (AvgIpc) is 2.84. The van der Waals surface area contributed by atoms with Gasteiger partial charge in [-0.3, -0.25) is 4.79 Å². The molecule has 0 aliphatic carbocycles. The van der Waals surface area contributed by atoms with Gasteiger partial charge in [0.05, 0.1) is 22.5 Å². The number of aromatic nitrogens is 3. The first-order valence-electron chi connectivity index (χ1n) is 4.92. The van der Waals surface area contributed by atoms with Crippen LogP contribution in [0.15, 0.2) is 24.4 Å². The van der Waals surface area contributed by atoms with E-state index >= 15 is 0 Å². The van der Waals surface area contributed by atoms with Gasteiger partial charge in [-0.25, -0.2) is 0 Å². The highest BCUT2D eigenvalue weighted by atomic mass is 35.5. The third kappa shape index (κ3) is 3.02. The predicted octanol–water partition coefficient (Wildman–Crippen LogP) is 2.73. The summed E-state index contributed by atoms with van der Waals surface area (Å²) in [5.74, 6) is -0.713. The molecule has 2 aromatic rings. The summed E-state index contributed by atoms with van der Waals surface area (Å²) in [7, 11) is 0. The molecule has 0 saturated carbocycles. The van der Waals surface area contributed by atoms with E-state index in [1.54, 1.807) is 0 Å². The number of rotatable bonds is 2. The molecule has 0 bridgehead atoms. The normalized spacial score (nSPS) is 11.4. The molecule has 0 atom stereocenters. The summed E-state index contributed by atoms with van der Waals surface area (Å²) < 4.78 is 37.6. The molecule has 0 aliphatic rings.